The van der Waals surface area contributed by atoms with Crippen molar-refractivity contribution in [1.29, 1.82) is 0 Å². The van der Waals surface area contributed by atoms with Crippen molar-refractivity contribution in [2.45, 2.75) is 19.4 Å². The van der Waals surface area contributed by atoms with E-state index in [0.717, 1.165) is 30.9 Å². The fraction of sp³-hybridized carbons (Fsp3) is 0.312. The fourth-order valence-corrected chi connectivity index (χ4v) is 3.38. The van der Waals surface area contributed by atoms with E-state index >= 15 is 0 Å². The number of hydrogen-bond donors (Lipinski definition) is 2. The number of carbonyl (C=O) groups excluding carboxylic acids is 1. The lowest BCUT2D eigenvalue weighted by Crippen LogP contribution is -2.27. The Balaban J connectivity index is 1.70. The molecule has 110 valence electrons. The molecule has 0 aliphatic carbocycles. The maximum absolute atomic E-state index is 11.6. The first kappa shape index (κ1) is 13.9. The largest absolute Gasteiger partial charge is 0.377 e. The minimum Gasteiger partial charge on any atom is -0.377 e. The first-order valence-electron chi connectivity index (χ1n) is 7.23. The van der Waals surface area contributed by atoms with E-state index in [2.05, 4.69) is 35.1 Å². The summed E-state index contributed by atoms with van der Waals surface area (Å²) in [5, 5.41) is 8.47. The Morgan fingerprint density at radius 3 is 2.71 bits per heavy atom. The van der Waals surface area contributed by atoms with Gasteiger partial charge in [-0.1, -0.05) is 13.0 Å². The Kier molecular flexibility index (Phi) is 4.10. The minimum atomic E-state index is -0.0132. The summed E-state index contributed by atoms with van der Waals surface area (Å²) in [4.78, 5) is 14.8. The standard InChI is InChI=1S/C16H19N3OS/c1-2-14(15-4-3-11-21-15)18-12-5-7-13(8-6-12)19-10-9-17-16(19)20/h3-8,11,14,18H,2,9-10H2,1H3,(H,17,20). The highest BCUT2D eigenvalue weighted by molar-refractivity contribution is 7.10. The van der Waals surface area contributed by atoms with Gasteiger partial charge in [-0.3, -0.25) is 4.90 Å². The molecule has 2 amide bonds. The molecule has 4 nitrogen and oxygen atoms in total. The van der Waals surface area contributed by atoms with Gasteiger partial charge in [-0.2, -0.15) is 0 Å². The molecule has 1 aliphatic heterocycles. The van der Waals surface area contributed by atoms with Gasteiger partial charge in [0, 0.05) is 29.3 Å². The van der Waals surface area contributed by atoms with Crippen LogP contribution in [-0.4, -0.2) is 19.1 Å². The molecule has 0 bridgehead atoms. The molecule has 0 saturated carbocycles. The highest BCUT2D eigenvalue weighted by Crippen LogP contribution is 2.27. The third kappa shape index (κ3) is 3.03. The molecule has 1 fully saturated rings. The Morgan fingerprint density at radius 2 is 2.14 bits per heavy atom. The lowest BCUT2D eigenvalue weighted by molar-refractivity contribution is 0.252. The molecule has 1 aromatic heterocycles. The summed E-state index contributed by atoms with van der Waals surface area (Å²) in [6.45, 7) is 3.63. The summed E-state index contributed by atoms with van der Waals surface area (Å²) < 4.78 is 0. The summed E-state index contributed by atoms with van der Waals surface area (Å²) >= 11 is 1.78. The van der Waals surface area contributed by atoms with Crippen LogP contribution in [0.25, 0.3) is 0 Å². The zero-order valence-electron chi connectivity index (χ0n) is 12.0. The molecule has 21 heavy (non-hydrogen) atoms. The summed E-state index contributed by atoms with van der Waals surface area (Å²) in [7, 11) is 0. The van der Waals surface area contributed by atoms with Gasteiger partial charge in [-0.05, 0) is 42.1 Å². The molecule has 1 aliphatic rings. The number of hydrogen-bond acceptors (Lipinski definition) is 3. The summed E-state index contributed by atoms with van der Waals surface area (Å²) in [5.74, 6) is 0. The quantitative estimate of drug-likeness (QED) is 0.881. The van der Waals surface area contributed by atoms with Gasteiger partial charge >= 0.3 is 6.03 Å². The van der Waals surface area contributed by atoms with Crippen LogP contribution >= 0.6 is 11.3 Å². The van der Waals surface area contributed by atoms with Crippen molar-refractivity contribution < 1.29 is 4.79 Å². The minimum absolute atomic E-state index is 0.0132. The number of amides is 2. The number of nitrogens with one attached hydrogen (secondary N) is 2. The zero-order valence-corrected chi connectivity index (χ0v) is 12.8. The predicted molar refractivity (Wildman–Crippen MR) is 88.2 cm³/mol. The van der Waals surface area contributed by atoms with E-state index in [9.17, 15) is 4.79 Å². The third-order valence-corrected chi connectivity index (χ3v) is 4.66. The molecule has 1 unspecified atom stereocenters. The van der Waals surface area contributed by atoms with Crippen LogP contribution < -0.4 is 15.5 Å². The second-order valence-corrected chi connectivity index (χ2v) is 6.03. The number of carbonyl (C=O) groups is 1. The highest BCUT2D eigenvalue weighted by Gasteiger charge is 2.20. The van der Waals surface area contributed by atoms with Gasteiger partial charge in [-0.15, -0.1) is 11.3 Å². The SMILES string of the molecule is CCC(Nc1ccc(N2CCNC2=O)cc1)c1cccs1. The second kappa shape index (κ2) is 6.18. The van der Waals surface area contributed by atoms with Crippen LogP contribution in [0.3, 0.4) is 0 Å². The van der Waals surface area contributed by atoms with Crippen molar-refractivity contribution in [2.75, 3.05) is 23.3 Å². The average molecular weight is 301 g/mol. The smallest absolute Gasteiger partial charge is 0.321 e. The Labute approximate surface area is 128 Å². The van der Waals surface area contributed by atoms with Gasteiger partial charge in [0.05, 0.1) is 6.04 Å². The number of urea groups is 1. The highest BCUT2D eigenvalue weighted by atomic mass is 32.1. The van der Waals surface area contributed by atoms with Gasteiger partial charge in [0.1, 0.15) is 0 Å². The van der Waals surface area contributed by atoms with Gasteiger partial charge < -0.3 is 10.6 Å². The molecule has 0 spiro atoms. The molecule has 2 N–H and O–H groups in total. The van der Waals surface area contributed by atoms with Crippen LogP contribution in [0.4, 0.5) is 16.2 Å². The molecule has 2 heterocycles. The van der Waals surface area contributed by atoms with Crippen molar-refractivity contribution >= 4 is 28.7 Å². The summed E-state index contributed by atoms with van der Waals surface area (Å²) in [6, 6.07) is 12.6. The van der Waals surface area contributed by atoms with Gasteiger partial charge in [-0.25, -0.2) is 4.79 Å². The van der Waals surface area contributed by atoms with E-state index < -0.39 is 0 Å². The Morgan fingerprint density at radius 1 is 1.33 bits per heavy atom. The first-order chi connectivity index (χ1) is 10.3. The van der Waals surface area contributed by atoms with Gasteiger partial charge in [0.15, 0.2) is 0 Å². The molecule has 1 aromatic carbocycles. The fourth-order valence-electron chi connectivity index (χ4n) is 2.52. The number of rotatable bonds is 5. The Hall–Kier alpha value is -2.01. The van der Waals surface area contributed by atoms with Crippen LogP contribution in [0, 0.1) is 0 Å². The topological polar surface area (TPSA) is 44.4 Å². The van der Waals surface area contributed by atoms with Crippen molar-refractivity contribution in [3.8, 4) is 0 Å². The molecule has 2 aromatic rings. The number of anilines is 2. The monoisotopic (exact) mass is 301 g/mol. The van der Waals surface area contributed by atoms with Crippen molar-refractivity contribution in [2.24, 2.45) is 0 Å². The molecule has 0 radical (unpaired) electrons. The van der Waals surface area contributed by atoms with E-state index in [1.165, 1.54) is 4.88 Å². The lowest BCUT2D eigenvalue weighted by atomic mass is 10.1. The average Bonchev–Trinajstić information content (AvgIpc) is 3.17. The predicted octanol–water partition coefficient (Wildman–Crippen LogP) is 3.84. The summed E-state index contributed by atoms with van der Waals surface area (Å²) in [6.07, 6.45) is 1.04. The summed E-state index contributed by atoms with van der Waals surface area (Å²) in [5.41, 5.74) is 2.03. The van der Waals surface area contributed by atoms with E-state index in [1.807, 2.05) is 24.3 Å². The van der Waals surface area contributed by atoms with Crippen LogP contribution in [-0.2, 0) is 0 Å². The van der Waals surface area contributed by atoms with Gasteiger partial charge in [0.25, 0.3) is 0 Å². The van der Waals surface area contributed by atoms with Crippen molar-refractivity contribution in [3.63, 3.8) is 0 Å². The van der Waals surface area contributed by atoms with Gasteiger partial charge in [0.2, 0.25) is 0 Å². The molecule has 3 rings (SSSR count). The van der Waals surface area contributed by atoms with E-state index in [1.54, 1.807) is 16.2 Å². The van der Waals surface area contributed by atoms with Crippen LogP contribution in [0.2, 0.25) is 0 Å². The molecular weight excluding hydrogens is 282 g/mol. The van der Waals surface area contributed by atoms with E-state index in [-0.39, 0.29) is 6.03 Å². The maximum Gasteiger partial charge on any atom is 0.321 e. The number of nitrogens with zero attached hydrogens (tertiary/aromatic N) is 1. The molecular formula is C16H19N3OS. The van der Waals surface area contributed by atoms with Crippen molar-refractivity contribution in [1.82, 2.24) is 5.32 Å². The Bertz CT molecular complexity index is 594. The van der Waals surface area contributed by atoms with E-state index in [0.29, 0.717) is 6.04 Å². The molecule has 1 saturated heterocycles. The first-order valence-corrected chi connectivity index (χ1v) is 8.11. The normalized spacial score (nSPS) is 15.9. The van der Waals surface area contributed by atoms with E-state index in [4.69, 9.17) is 0 Å². The molecule has 1 atom stereocenters. The van der Waals surface area contributed by atoms with Crippen LogP contribution in [0.5, 0.6) is 0 Å². The second-order valence-electron chi connectivity index (χ2n) is 5.05. The zero-order chi connectivity index (χ0) is 14.7. The lowest BCUT2D eigenvalue weighted by Gasteiger charge is -2.18. The maximum atomic E-state index is 11.6. The third-order valence-electron chi connectivity index (χ3n) is 3.67. The van der Waals surface area contributed by atoms with Crippen molar-refractivity contribution in [3.05, 3.63) is 46.7 Å². The van der Waals surface area contributed by atoms with Crippen LogP contribution in [0.15, 0.2) is 41.8 Å². The van der Waals surface area contributed by atoms with Crippen LogP contribution in [0.1, 0.15) is 24.3 Å². The number of thiophene rings is 1. The molecule has 5 heteroatoms. The number of benzene rings is 1.